The molecule has 114 valence electrons. The summed E-state index contributed by atoms with van der Waals surface area (Å²) in [4.78, 5) is -0.229. The third-order valence-electron chi connectivity index (χ3n) is 2.84. The summed E-state index contributed by atoms with van der Waals surface area (Å²) < 4.78 is 45.5. The van der Waals surface area contributed by atoms with Gasteiger partial charge in [0.25, 0.3) is 0 Å². The number of hydrogen-bond acceptors (Lipinski definition) is 4. The highest BCUT2D eigenvalue weighted by Gasteiger charge is 2.19. The van der Waals surface area contributed by atoms with E-state index in [4.69, 9.17) is 21.8 Å². The van der Waals surface area contributed by atoms with Gasteiger partial charge in [-0.05, 0) is 36.8 Å². The van der Waals surface area contributed by atoms with Gasteiger partial charge < -0.3 is 10.2 Å². The van der Waals surface area contributed by atoms with E-state index in [1.807, 2.05) is 0 Å². The molecule has 1 aromatic carbocycles. The maximum absolute atomic E-state index is 13.6. The van der Waals surface area contributed by atoms with E-state index in [0.717, 1.165) is 6.07 Å². The number of rotatable bonds is 5. The molecule has 2 aromatic rings. The standard InChI is InChI=1S/C13H14ClFN2O3S/c1-8-2-3-10(20-8)7-17-21(18,19)11-4-9(6-16)13(14)12(15)5-11/h2-5,17H,6-7,16H2,1H3. The van der Waals surface area contributed by atoms with Gasteiger partial charge in [-0.3, -0.25) is 0 Å². The fourth-order valence-corrected chi connectivity index (χ4v) is 2.99. The number of aryl methyl sites for hydroxylation is 1. The normalized spacial score (nSPS) is 11.8. The first-order valence-corrected chi connectivity index (χ1v) is 7.92. The van der Waals surface area contributed by atoms with Crippen LogP contribution in [0.2, 0.25) is 5.02 Å². The van der Waals surface area contributed by atoms with Crippen LogP contribution in [-0.4, -0.2) is 8.42 Å². The van der Waals surface area contributed by atoms with Crippen LogP contribution < -0.4 is 10.5 Å². The number of nitrogens with one attached hydrogen (secondary N) is 1. The van der Waals surface area contributed by atoms with Crippen molar-refractivity contribution in [2.24, 2.45) is 5.73 Å². The summed E-state index contributed by atoms with van der Waals surface area (Å²) in [6.07, 6.45) is 0. The minimum atomic E-state index is -3.89. The number of furan rings is 1. The van der Waals surface area contributed by atoms with Gasteiger partial charge in [0.05, 0.1) is 16.5 Å². The number of nitrogens with two attached hydrogens (primary N) is 1. The molecule has 0 saturated carbocycles. The summed E-state index contributed by atoms with van der Waals surface area (Å²) >= 11 is 5.71. The van der Waals surface area contributed by atoms with Crippen molar-refractivity contribution in [3.63, 3.8) is 0 Å². The second kappa shape index (κ2) is 6.15. The summed E-state index contributed by atoms with van der Waals surface area (Å²) in [6, 6.07) is 5.49. The van der Waals surface area contributed by atoms with Crippen molar-refractivity contribution < 1.29 is 17.2 Å². The maximum atomic E-state index is 13.6. The lowest BCUT2D eigenvalue weighted by Crippen LogP contribution is -2.23. The van der Waals surface area contributed by atoms with Crippen molar-refractivity contribution in [3.8, 4) is 0 Å². The average molecular weight is 333 g/mol. The van der Waals surface area contributed by atoms with Crippen LogP contribution in [0.3, 0.4) is 0 Å². The second-order valence-corrected chi connectivity index (χ2v) is 6.56. The summed E-state index contributed by atoms with van der Waals surface area (Å²) in [5.74, 6) is 0.311. The molecule has 0 saturated heterocycles. The lowest BCUT2D eigenvalue weighted by molar-refractivity contribution is 0.475. The van der Waals surface area contributed by atoms with Crippen molar-refractivity contribution in [2.75, 3.05) is 0 Å². The molecule has 0 spiro atoms. The molecule has 1 aromatic heterocycles. The number of benzene rings is 1. The van der Waals surface area contributed by atoms with E-state index in [0.29, 0.717) is 11.5 Å². The molecule has 5 nitrogen and oxygen atoms in total. The van der Waals surface area contributed by atoms with Crippen molar-refractivity contribution >= 4 is 21.6 Å². The monoisotopic (exact) mass is 332 g/mol. The molecule has 0 atom stereocenters. The number of halogens is 2. The molecular weight excluding hydrogens is 319 g/mol. The van der Waals surface area contributed by atoms with Gasteiger partial charge >= 0.3 is 0 Å². The van der Waals surface area contributed by atoms with E-state index in [2.05, 4.69) is 4.72 Å². The smallest absolute Gasteiger partial charge is 0.241 e. The van der Waals surface area contributed by atoms with E-state index >= 15 is 0 Å². The number of hydrogen-bond donors (Lipinski definition) is 2. The molecule has 0 unspecified atom stereocenters. The summed E-state index contributed by atoms with van der Waals surface area (Å²) in [6.45, 7) is 1.66. The lowest BCUT2D eigenvalue weighted by atomic mass is 10.2. The first kappa shape index (κ1) is 16.0. The predicted molar refractivity (Wildman–Crippen MR) is 76.8 cm³/mol. The molecule has 21 heavy (non-hydrogen) atoms. The molecular formula is C13H14ClFN2O3S. The Balaban J connectivity index is 2.25. The Bertz CT molecular complexity index is 759. The highest BCUT2D eigenvalue weighted by Crippen LogP contribution is 2.24. The highest BCUT2D eigenvalue weighted by atomic mass is 35.5. The summed E-state index contributed by atoms with van der Waals surface area (Å²) in [5, 5.41) is -0.168. The van der Waals surface area contributed by atoms with Crippen LogP contribution in [0.25, 0.3) is 0 Å². The topological polar surface area (TPSA) is 85.3 Å². The van der Waals surface area contributed by atoms with Gasteiger partial charge in [-0.1, -0.05) is 11.6 Å². The van der Waals surface area contributed by atoms with Crippen molar-refractivity contribution in [2.45, 2.75) is 24.9 Å². The van der Waals surface area contributed by atoms with Crippen molar-refractivity contribution in [1.29, 1.82) is 0 Å². The van der Waals surface area contributed by atoms with Crippen LogP contribution >= 0.6 is 11.6 Å². The molecule has 8 heteroatoms. The van der Waals surface area contributed by atoms with Crippen LogP contribution in [-0.2, 0) is 23.1 Å². The van der Waals surface area contributed by atoms with Crippen LogP contribution in [0, 0.1) is 12.7 Å². The van der Waals surface area contributed by atoms with Crippen LogP contribution in [0.4, 0.5) is 4.39 Å². The molecule has 0 amide bonds. The third-order valence-corrected chi connectivity index (χ3v) is 4.64. The second-order valence-electron chi connectivity index (χ2n) is 4.42. The minimum absolute atomic E-state index is 0.0294. The molecule has 0 radical (unpaired) electrons. The Kier molecular flexibility index (Phi) is 4.67. The van der Waals surface area contributed by atoms with E-state index in [1.165, 1.54) is 6.07 Å². The van der Waals surface area contributed by atoms with Gasteiger partial charge in [0, 0.05) is 6.54 Å². The molecule has 0 aliphatic carbocycles. The first-order valence-electron chi connectivity index (χ1n) is 6.06. The zero-order valence-corrected chi connectivity index (χ0v) is 12.8. The fraction of sp³-hybridized carbons (Fsp3) is 0.231. The third kappa shape index (κ3) is 3.62. The molecule has 3 N–H and O–H groups in total. The van der Waals surface area contributed by atoms with E-state index in [-0.39, 0.29) is 28.6 Å². The molecule has 0 aliphatic heterocycles. The van der Waals surface area contributed by atoms with Crippen molar-refractivity contribution in [3.05, 3.63) is 52.2 Å². The van der Waals surface area contributed by atoms with Gasteiger partial charge in [0.2, 0.25) is 10.0 Å². The largest absolute Gasteiger partial charge is 0.465 e. The quantitative estimate of drug-likeness (QED) is 0.880. The average Bonchev–Trinajstić information content (AvgIpc) is 2.85. The van der Waals surface area contributed by atoms with Crippen LogP contribution in [0.15, 0.2) is 33.6 Å². The van der Waals surface area contributed by atoms with Crippen molar-refractivity contribution in [1.82, 2.24) is 4.72 Å². The zero-order valence-electron chi connectivity index (χ0n) is 11.2. The minimum Gasteiger partial charge on any atom is -0.465 e. The number of sulfonamides is 1. The Morgan fingerprint density at radius 3 is 2.67 bits per heavy atom. The fourth-order valence-electron chi connectivity index (χ4n) is 1.75. The van der Waals surface area contributed by atoms with Crippen LogP contribution in [0.5, 0.6) is 0 Å². The Morgan fingerprint density at radius 2 is 2.10 bits per heavy atom. The van der Waals surface area contributed by atoms with E-state index in [1.54, 1.807) is 19.1 Å². The van der Waals surface area contributed by atoms with E-state index in [9.17, 15) is 12.8 Å². The Labute approximate surface area is 126 Å². The Morgan fingerprint density at radius 1 is 1.38 bits per heavy atom. The Hall–Kier alpha value is -1.41. The van der Waals surface area contributed by atoms with Gasteiger partial charge in [0.15, 0.2) is 0 Å². The van der Waals surface area contributed by atoms with Gasteiger partial charge in [-0.25, -0.2) is 17.5 Å². The molecule has 0 fully saturated rings. The lowest BCUT2D eigenvalue weighted by Gasteiger charge is -2.09. The molecule has 0 aliphatic rings. The van der Waals surface area contributed by atoms with E-state index < -0.39 is 15.8 Å². The summed E-state index contributed by atoms with van der Waals surface area (Å²) in [7, 11) is -3.89. The highest BCUT2D eigenvalue weighted by molar-refractivity contribution is 7.89. The van der Waals surface area contributed by atoms with Crippen LogP contribution in [0.1, 0.15) is 17.1 Å². The molecule has 1 heterocycles. The molecule has 2 rings (SSSR count). The van der Waals surface area contributed by atoms with Gasteiger partial charge in [0.1, 0.15) is 17.3 Å². The molecule has 0 bridgehead atoms. The van der Waals surface area contributed by atoms with Gasteiger partial charge in [-0.15, -0.1) is 0 Å². The van der Waals surface area contributed by atoms with Gasteiger partial charge in [-0.2, -0.15) is 0 Å². The SMILES string of the molecule is Cc1ccc(CNS(=O)(=O)c2cc(F)c(Cl)c(CN)c2)o1. The maximum Gasteiger partial charge on any atom is 0.241 e. The zero-order chi connectivity index (χ0) is 15.6. The summed E-state index contributed by atoms with van der Waals surface area (Å²) in [5.41, 5.74) is 5.65. The predicted octanol–water partition coefficient (Wildman–Crippen LogP) is 2.32. The first-order chi connectivity index (χ1) is 9.83.